The summed E-state index contributed by atoms with van der Waals surface area (Å²) in [6.45, 7) is 1.74. The Labute approximate surface area is 118 Å². The fraction of sp³-hybridized carbons (Fsp3) is 0.600. The Kier molecular flexibility index (Phi) is 7.62. The van der Waals surface area contributed by atoms with E-state index in [9.17, 15) is 13.2 Å². The number of hydrogen-bond acceptors (Lipinski definition) is 2. The van der Waals surface area contributed by atoms with Gasteiger partial charge in [-0.25, -0.2) is 0 Å². The fourth-order valence-corrected chi connectivity index (χ4v) is 1.84. The Balaban J connectivity index is 1.99. The third-order valence-electron chi connectivity index (χ3n) is 2.93. The average Bonchev–Trinajstić information content (AvgIpc) is 2.40. The summed E-state index contributed by atoms with van der Waals surface area (Å²) in [5, 5.41) is 3.29. The van der Waals surface area contributed by atoms with Crippen molar-refractivity contribution in [1.82, 2.24) is 5.32 Å². The molecule has 0 fully saturated rings. The topological polar surface area (TPSA) is 21.3 Å². The monoisotopic (exact) mass is 289 g/mol. The largest absolute Gasteiger partial charge is 0.411 e. The number of hydrogen-bond donors (Lipinski definition) is 1. The third kappa shape index (κ3) is 8.93. The van der Waals surface area contributed by atoms with E-state index in [1.807, 2.05) is 18.2 Å². The second kappa shape index (κ2) is 8.97. The van der Waals surface area contributed by atoms with Crippen molar-refractivity contribution in [2.75, 3.05) is 19.8 Å². The summed E-state index contributed by atoms with van der Waals surface area (Å²) in [7, 11) is 0. The minimum absolute atomic E-state index is 0.137. The molecule has 1 unspecified atom stereocenters. The molecule has 0 radical (unpaired) electrons. The van der Waals surface area contributed by atoms with Crippen LogP contribution in [0.15, 0.2) is 30.3 Å². The Morgan fingerprint density at radius 1 is 1.20 bits per heavy atom. The number of benzene rings is 1. The maximum Gasteiger partial charge on any atom is 0.411 e. The van der Waals surface area contributed by atoms with Crippen molar-refractivity contribution < 1.29 is 17.9 Å². The summed E-state index contributed by atoms with van der Waals surface area (Å²) >= 11 is 0. The number of aryl methyl sites for hydroxylation is 1. The molecule has 1 N–H and O–H groups in total. The van der Waals surface area contributed by atoms with E-state index in [4.69, 9.17) is 0 Å². The van der Waals surface area contributed by atoms with E-state index in [1.165, 1.54) is 5.56 Å². The molecule has 2 nitrogen and oxygen atoms in total. The van der Waals surface area contributed by atoms with Crippen LogP contribution in [0.2, 0.25) is 0 Å². The zero-order valence-corrected chi connectivity index (χ0v) is 11.7. The van der Waals surface area contributed by atoms with Gasteiger partial charge in [-0.2, -0.15) is 13.2 Å². The predicted octanol–water partition coefficient (Wildman–Crippen LogP) is 3.57. The van der Waals surface area contributed by atoms with E-state index in [0.717, 1.165) is 12.8 Å². The van der Waals surface area contributed by atoms with Gasteiger partial charge in [-0.3, -0.25) is 0 Å². The number of alkyl halides is 3. The van der Waals surface area contributed by atoms with Crippen LogP contribution in [0.1, 0.15) is 25.3 Å². The van der Waals surface area contributed by atoms with Crippen LogP contribution in [-0.2, 0) is 11.2 Å². The van der Waals surface area contributed by atoms with Crippen LogP contribution in [0.25, 0.3) is 0 Å². The van der Waals surface area contributed by atoms with Gasteiger partial charge < -0.3 is 10.1 Å². The smallest absolute Gasteiger partial charge is 0.372 e. The molecule has 0 saturated carbocycles. The summed E-state index contributed by atoms with van der Waals surface area (Å²) in [5.41, 5.74) is 1.30. The van der Waals surface area contributed by atoms with Gasteiger partial charge in [0.1, 0.15) is 6.61 Å². The molecule has 0 spiro atoms. The van der Waals surface area contributed by atoms with Crippen molar-refractivity contribution in [2.45, 2.75) is 38.4 Å². The lowest BCUT2D eigenvalue weighted by atomic mass is 10.1. The normalized spacial score (nSPS) is 13.4. The van der Waals surface area contributed by atoms with Gasteiger partial charge >= 0.3 is 6.18 Å². The highest BCUT2D eigenvalue weighted by Gasteiger charge is 2.27. The first kappa shape index (κ1) is 17.0. The van der Waals surface area contributed by atoms with Gasteiger partial charge in [-0.1, -0.05) is 30.3 Å². The van der Waals surface area contributed by atoms with Gasteiger partial charge in [-0.05, 0) is 38.3 Å². The van der Waals surface area contributed by atoms with Crippen molar-refractivity contribution in [2.24, 2.45) is 0 Å². The highest BCUT2D eigenvalue weighted by Crippen LogP contribution is 2.14. The molecular weight excluding hydrogens is 267 g/mol. The lowest BCUT2D eigenvalue weighted by Crippen LogP contribution is -2.28. The second-order valence-corrected chi connectivity index (χ2v) is 4.90. The first-order valence-electron chi connectivity index (χ1n) is 6.89. The fourth-order valence-electron chi connectivity index (χ4n) is 1.84. The van der Waals surface area contributed by atoms with Gasteiger partial charge in [-0.15, -0.1) is 0 Å². The molecular formula is C15H22F3NO. The van der Waals surface area contributed by atoms with Gasteiger partial charge in [0.05, 0.1) is 0 Å². The maximum absolute atomic E-state index is 11.8. The summed E-state index contributed by atoms with van der Waals surface area (Å²) in [6.07, 6.45) is -1.63. The van der Waals surface area contributed by atoms with Crippen LogP contribution in [0.3, 0.4) is 0 Å². The van der Waals surface area contributed by atoms with E-state index in [-0.39, 0.29) is 6.61 Å². The van der Waals surface area contributed by atoms with Crippen LogP contribution >= 0.6 is 0 Å². The van der Waals surface area contributed by atoms with Crippen molar-refractivity contribution in [1.29, 1.82) is 0 Å². The number of nitrogens with one attached hydrogen (secondary N) is 1. The first-order chi connectivity index (χ1) is 9.47. The van der Waals surface area contributed by atoms with Crippen LogP contribution < -0.4 is 5.32 Å². The van der Waals surface area contributed by atoms with E-state index in [1.54, 1.807) is 0 Å². The second-order valence-electron chi connectivity index (χ2n) is 4.90. The van der Waals surface area contributed by atoms with Crippen LogP contribution in [0.4, 0.5) is 13.2 Å². The highest BCUT2D eigenvalue weighted by molar-refractivity contribution is 5.14. The van der Waals surface area contributed by atoms with Gasteiger partial charge in [0.15, 0.2) is 0 Å². The quantitative estimate of drug-likeness (QED) is 0.702. The zero-order chi connectivity index (χ0) is 14.8. The minimum Gasteiger partial charge on any atom is -0.372 e. The molecule has 114 valence electrons. The predicted molar refractivity (Wildman–Crippen MR) is 73.7 cm³/mol. The van der Waals surface area contributed by atoms with E-state index >= 15 is 0 Å². The van der Waals surface area contributed by atoms with Crippen LogP contribution in [0.5, 0.6) is 0 Å². The Hall–Kier alpha value is -1.07. The van der Waals surface area contributed by atoms with Crippen molar-refractivity contribution in [3.05, 3.63) is 35.9 Å². The van der Waals surface area contributed by atoms with Gasteiger partial charge in [0, 0.05) is 12.6 Å². The Bertz CT molecular complexity index is 354. The third-order valence-corrected chi connectivity index (χ3v) is 2.93. The molecule has 20 heavy (non-hydrogen) atoms. The van der Waals surface area contributed by atoms with Crippen molar-refractivity contribution in [3.8, 4) is 0 Å². The molecule has 1 atom stereocenters. The molecule has 0 amide bonds. The van der Waals surface area contributed by atoms with Crippen LogP contribution in [0, 0.1) is 0 Å². The summed E-state index contributed by atoms with van der Waals surface area (Å²) < 4.78 is 40.0. The summed E-state index contributed by atoms with van der Waals surface area (Å²) in [4.78, 5) is 0. The van der Waals surface area contributed by atoms with E-state index in [2.05, 4.69) is 29.1 Å². The molecule has 0 aliphatic rings. The number of ether oxygens (including phenoxy) is 1. The standard InChI is InChI=1S/C15H22F3NO/c1-13(8-9-14-6-3-2-4-7-14)19-10-5-11-20-12-15(16,17)18/h2-4,6-7,13,19H,5,8-12H2,1H3. The molecule has 0 bridgehead atoms. The lowest BCUT2D eigenvalue weighted by molar-refractivity contribution is -0.173. The first-order valence-corrected chi connectivity index (χ1v) is 6.89. The molecule has 0 aliphatic heterocycles. The van der Waals surface area contributed by atoms with Crippen molar-refractivity contribution >= 4 is 0 Å². The molecule has 0 saturated heterocycles. The molecule has 0 aliphatic carbocycles. The Morgan fingerprint density at radius 3 is 2.55 bits per heavy atom. The van der Waals surface area contributed by atoms with Gasteiger partial charge in [0.25, 0.3) is 0 Å². The number of rotatable bonds is 9. The number of halogens is 3. The SMILES string of the molecule is CC(CCc1ccccc1)NCCCOCC(F)(F)F. The maximum atomic E-state index is 11.8. The van der Waals surface area contributed by atoms with Crippen molar-refractivity contribution in [3.63, 3.8) is 0 Å². The zero-order valence-electron chi connectivity index (χ0n) is 11.7. The lowest BCUT2D eigenvalue weighted by Gasteiger charge is -2.14. The Morgan fingerprint density at radius 2 is 1.90 bits per heavy atom. The molecule has 5 heteroatoms. The van der Waals surface area contributed by atoms with Crippen LogP contribution in [-0.4, -0.2) is 32.0 Å². The molecule has 0 heterocycles. The summed E-state index contributed by atoms with van der Waals surface area (Å²) in [6, 6.07) is 10.6. The minimum atomic E-state index is -4.23. The molecule has 1 rings (SSSR count). The van der Waals surface area contributed by atoms with E-state index in [0.29, 0.717) is 19.0 Å². The molecule has 0 aromatic heterocycles. The average molecular weight is 289 g/mol. The highest BCUT2D eigenvalue weighted by atomic mass is 19.4. The van der Waals surface area contributed by atoms with Gasteiger partial charge in [0.2, 0.25) is 0 Å². The summed E-state index contributed by atoms with van der Waals surface area (Å²) in [5.74, 6) is 0. The van der Waals surface area contributed by atoms with E-state index < -0.39 is 12.8 Å². The molecule has 1 aromatic rings. The molecule has 1 aromatic carbocycles.